The Kier molecular flexibility index (Phi) is 4.47. The number of aliphatic carboxylic acids is 1. The van der Waals surface area contributed by atoms with Crippen LogP contribution < -0.4 is 0 Å². The van der Waals surface area contributed by atoms with Crippen LogP contribution in [-0.2, 0) is 14.3 Å². The van der Waals surface area contributed by atoms with Gasteiger partial charge in [0.05, 0.1) is 6.42 Å². The third-order valence-electron chi connectivity index (χ3n) is 4.33. The van der Waals surface area contributed by atoms with Gasteiger partial charge in [-0.1, -0.05) is 54.6 Å². The molecule has 0 saturated carbocycles. The molecule has 0 saturated heterocycles. The van der Waals surface area contributed by atoms with E-state index >= 15 is 0 Å². The molecule has 0 aromatic heterocycles. The summed E-state index contributed by atoms with van der Waals surface area (Å²) < 4.78 is 5.38. The minimum absolute atomic E-state index is 0.0137. The molecular weight excluding hydrogens is 304 g/mol. The van der Waals surface area contributed by atoms with Crippen LogP contribution >= 0.6 is 0 Å². The molecule has 122 valence electrons. The summed E-state index contributed by atoms with van der Waals surface area (Å²) in [6.45, 7) is 1.81. The fraction of sp³-hybridized carbons (Fsp3) is 0.200. The Morgan fingerprint density at radius 3 is 2.08 bits per heavy atom. The van der Waals surface area contributed by atoms with Crippen molar-refractivity contribution in [2.75, 3.05) is 6.61 Å². The molecule has 2 aromatic carbocycles. The van der Waals surface area contributed by atoms with E-state index in [1.54, 1.807) is 6.92 Å². The summed E-state index contributed by atoms with van der Waals surface area (Å²) >= 11 is 0. The minimum atomic E-state index is -1.09. The van der Waals surface area contributed by atoms with Gasteiger partial charge in [-0.2, -0.15) is 0 Å². The van der Waals surface area contributed by atoms with E-state index in [9.17, 15) is 9.59 Å². The second kappa shape index (κ2) is 6.71. The zero-order valence-electron chi connectivity index (χ0n) is 13.4. The maximum Gasteiger partial charge on any atom is 0.331 e. The quantitative estimate of drug-likeness (QED) is 0.672. The lowest BCUT2D eigenvalue weighted by atomic mass is 9.98. The number of hydrogen-bond donors (Lipinski definition) is 1. The highest BCUT2D eigenvalue weighted by atomic mass is 16.5. The average molecular weight is 322 g/mol. The first-order chi connectivity index (χ1) is 11.6. The first-order valence-corrected chi connectivity index (χ1v) is 7.84. The van der Waals surface area contributed by atoms with Crippen LogP contribution in [0.25, 0.3) is 11.1 Å². The number of esters is 1. The molecule has 0 unspecified atom stereocenters. The van der Waals surface area contributed by atoms with Crippen molar-refractivity contribution in [3.8, 4) is 11.1 Å². The summed E-state index contributed by atoms with van der Waals surface area (Å²) in [6, 6.07) is 16.2. The van der Waals surface area contributed by atoms with Crippen LogP contribution in [0.3, 0.4) is 0 Å². The molecule has 0 spiro atoms. The van der Waals surface area contributed by atoms with Crippen molar-refractivity contribution >= 4 is 11.9 Å². The van der Waals surface area contributed by atoms with Crippen molar-refractivity contribution in [1.29, 1.82) is 0 Å². The first kappa shape index (κ1) is 16.0. The summed E-state index contributed by atoms with van der Waals surface area (Å²) in [5, 5.41) is 8.99. The summed E-state index contributed by atoms with van der Waals surface area (Å²) in [5.74, 6) is -1.63. The zero-order chi connectivity index (χ0) is 17.1. The number of carboxylic acids is 1. The van der Waals surface area contributed by atoms with Crippen molar-refractivity contribution in [3.63, 3.8) is 0 Å². The van der Waals surface area contributed by atoms with Gasteiger partial charge in [-0.3, -0.25) is 4.79 Å². The molecule has 0 bridgehead atoms. The van der Waals surface area contributed by atoms with Crippen LogP contribution in [0.15, 0.2) is 60.2 Å². The van der Waals surface area contributed by atoms with Crippen LogP contribution in [0, 0.1) is 0 Å². The molecule has 4 heteroatoms. The predicted octanol–water partition coefficient (Wildman–Crippen LogP) is 3.76. The number of ether oxygens (including phenoxy) is 1. The Morgan fingerprint density at radius 2 is 1.58 bits per heavy atom. The van der Waals surface area contributed by atoms with Gasteiger partial charge in [0, 0.05) is 11.5 Å². The molecule has 1 aliphatic rings. The highest BCUT2D eigenvalue weighted by Gasteiger charge is 2.29. The number of carbonyl (C=O) groups excluding carboxylic acids is 1. The van der Waals surface area contributed by atoms with Gasteiger partial charge in [-0.15, -0.1) is 0 Å². The normalized spacial score (nSPS) is 13.3. The van der Waals surface area contributed by atoms with Crippen molar-refractivity contribution in [2.45, 2.75) is 19.3 Å². The summed E-state index contributed by atoms with van der Waals surface area (Å²) in [5.41, 5.74) is 4.64. The van der Waals surface area contributed by atoms with E-state index in [4.69, 9.17) is 9.84 Å². The fourth-order valence-corrected chi connectivity index (χ4v) is 3.12. The van der Waals surface area contributed by atoms with Crippen molar-refractivity contribution < 1.29 is 19.4 Å². The lowest BCUT2D eigenvalue weighted by molar-refractivity contribution is -0.145. The van der Waals surface area contributed by atoms with Crippen molar-refractivity contribution in [2.24, 2.45) is 0 Å². The van der Waals surface area contributed by atoms with Gasteiger partial charge in [0.25, 0.3) is 0 Å². The maximum atomic E-state index is 12.0. The van der Waals surface area contributed by atoms with E-state index in [0.717, 1.165) is 22.3 Å². The zero-order valence-corrected chi connectivity index (χ0v) is 13.4. The van der Waals surface area contributed by atoms with E-state index in [-0.39, 0.29) is 24.5 Å². The second-order valence-electron chi connectivity index (χ2n) is 5.71. The van der Waals surface area contributed by atoms with Gasteiger partial charge in [0.1, 0.15) is 6.61 Å². The number of fused-ring (bicyclic) bond motifs is 3. The van der Waals surface area contributed by atoms with Gasteiger partial charge in [-0.05, 0) is 29.2 Å². The molecule has 24 heavy (non-hydrogen) atoms. The molecule has 1 aliphatic carbocycles. The summed E-state index contributed by atoms with van der Waals surface area (Å²) in [4.78, 5) is 22.9. The third-order valence-corrected chi connectivity index (χ3v) is 4.33. The summed E-state index contributed by atoms with van der Waals surface area (Å²) in [6.07, 6.45) is 1.20. The Hall–Kier alpha value is -2.88. The third kappa shape index (κ3) is 2.95. The number of carboxylic acid groups (broad SMARTS) is 1. The van der Waals surface area contributed by atoms with Gasteiger partial charge < -0.3 is 9.84 Å². The van der Waals surface area contributed by atoms with Crippen molar-refractivity contribution in [1.82, 2.24) is 0 Å². The van der Waals surface area contributed by atoms with Crippen LogP contribution in [0.4, 0.5) is 0 Å². The molecule has 1 N–H and O–H groups in total. The average Bonchev–Trinajstić information content (AvgIpc) is 2.91. The number of hydrogen-bond acceptors (Lipinski definition) is 3. The number of rotatable bonds is 5. The van der Waals surface area contributed by atoms with E-state index in [1.165, 1.54) is 6.08 Å². The van der Waals surface area contributed by atoms with E-state index in [1.807, 2.05) is 36.4 Å². The Balaban J connectivity index is 1.76. The monoisotopic (exact) mass is 322 g/mol. The van der Waals surface area contributed by atoms with Gasteiger partial charge in [-0.25, -0.2) is 4.79 Å². The van der Waals surface area contributed by atoms with E-state index < -0.39 is 11.9 Å². The Bertz CT molecular complexity index is 774. The molecule has 3 rings (SSSR count). The molecule has 0 amide bonds. The molecule has 4 nitrogen and oxygen atoms in total. The number of benzene rings is 2. The van der Waals surface area contributed by atoms with Crippen molar-refractivity contribution in [3.05, 3.63) is 71.3 Å². The Labute approximate surface area is 140 Å². The molecule has 2 aromatic rings. The van der Waals surface area contributed by atoms with Crippen LogP contribution in [0.2, 0.25) is 0 Å². The molecule has 0 heterocycles. The Morgan fingerprint density at radius 1 is 1.04 bits per heavy atom. The molecular formula is C20H18O4. The topological polar surface area (TPSA) is 63.6 Å². The van der Waals surface area contributed by atoms with Crippen LogP contribution in [0.5, 0.6) is 0 Å². The SMILES string of the molecule is CC=C(CC(=O)OCC1c2ccccc2-c2ccccc21)C(=O)O. The van der Waals surface area contributed by atoms with Gasteiger partial charge >= 0.3 is 11.9 Å². The lowest BCUT2D eigenvalue weighted by Crippen LogP contribution is -2.15. The fourth-order valence-electron chi connectivity index (χ4n) is 3.12. The standard InChI is InChI=1S/C20H18O4/c1-2-13(20(22)23)11-19(21)24-12-18-16-9-5-3-7-14(16)15-8-4-6-10-17(15)18/h2-10,18H,11-12H2,1H3,(H,22,23). The molecule has 0 fully saturated rings. The summed E-state index contributed by atoms with van der Waals surface area (Å²) in [7, 11) is 0. The van der Waals surface area contributed by atoms with Gasteiger partial charge in [0.15, 0.2) is 0 Å². The predicted molar refractivity (Wildman–Crippen MR) is 90.7 cm³/mol. The number of carbonyl (C=O) groups is 2. The van der Waals surface area contributed by atoms with E-state index in [0.29, 0.717) is 0 Å². The highest BCUT2D eigenvalue weighted by molar-refractivity contribution is 5.92. The van der Waals surface area contributed by atoms with Gasteiger partial charge in [0.2, 0.25) is 0 Å². The van der Waals surface area contributed by atoms with Crippen LogP contribution in [-0.4, -0.2) is 23.7 Å². The lowest BCUT2D eigenvalue weighted by Gasteiger charge is -2.14. The van der Waals surface area contributed by atoms with Crippen LogP contribution in [0.1, 0.15) is 30.4 Å². The second-order valence-corrected chi connectivity index (χ2v) is 5.71. The first-order valence-electron chi connectivity index (χ1n) is 7.84. The largest absolute Gasteiger partial charge is 0.478 e. The highest BCUT2D eigenvalue weighted by Crippen LogP contribution is 2.44. The molecule has 0 radical (unpaired) electrons. The number of allylic oxidation sites excluding steroid dienone is 1. The maximum absolute atomic E-state index is 12.0. The minimum Gasteiger partial charge on any atom is -0.478 e. The molecule has 0 aliphatic heterocycles. The smallest absolute Gasteiger partial charge is 0.331 e. The molecule has 0 atom stereocenters. The van der Waals surface area contributed by atoms with E-state index in [2.05, 4.69) is 12.1 Å².